The fourth-order valence-corrected chi connectivity index (χ4v) is 3.43. The second-order valence-corrected chi connectivity index (χ2v) is 7.19. The molecule has 0 bridgehead atoms. The van der Waals surface area contributed by atoms with Crippen molar-refractivity contribution in [3.8, 4) is 0 Å². The summed E-state index contributed by atoms with van der Waals surface area (Å²) in [5.74, 6) is -0.337. The van der Waals surface area contributed by atoms with E-state index in [4.69, 9.17) is 11.6 Å². The third kappa shape index (κ3) is 4.58. The maximum atomic E-state index is 12.5. The fourth-order valence-electron chi connectivity index (χ4n) is 3.30. The lowest BCUT2D eigenvalue weighted by atomic mass is 10.2. The first-order valence-electron chi connectivity index (χ1n) is 8.81. The molecule has 1 aromatic rings. The zero-order valence-corrected chi connectivity index (χ0v) is 15.3. The molecule has 0 radical (unpaired) electrons. The van der Waals surface area contributed by atoms with Crippen molar-refractivity contribution in [1.82, 2.24) is 15.1 Å². The monoisotopic (exact) mass is 364 g/mol. The van der Waals surface area contributed by atoms with Crippen molar-refractivity contribution < 1.29 is 9.59 Å². The Morgan fingerprint density at radius 2 is 1.80 bits per heavy atom. The van der Waals surface area contributed by atoms with Crippen LogP contribution in [0.25, 0.3) is 0 Å². The number of carbonyl (C=O) groups is 2. The van der Waals surface area contributed by atoms with Crippen molar-refractivity contribution in [2.75, 3.05) is 51.2 Å². The standard InChI is InChI=1S/C18H25ClN4O2/c1-21-9-11-22(12-10-21)8-2-7-20-16-13-17(24)23(18(16)25)15-5-3-14(19)4-6-15/h3-6,16,20H,2,7-13H2,1H3. The SMILES string of the molecule is CN1CCN(CCCNC2CC(=O)N(c3ccc(Cl)cc3)C2=O)CC1. The third-order valence-corrected chi connectivity index (χ3v) is 5.12. The Balaban J connectivity index is 1.45. The Morgan fingerprint density at radius 1 is 1.12 bits per heavy atom. The average Bonchev–Trinajstić information content (AvgIpc) is 2.88. The minimum Gasteiger partial charge on any atom is -0.305 e. The number of nitrogens with zero attached hydrogens (tertiary/aromatic N) is 3. The van der Waals surface area contributed by atoms with E-state index in [1.54, 1.807) is 24.3 Å². The van der Waals surface area contributed by atoms with Crippen molar-refractivity contribution in [3.05, 3.63) is 29.3 Å². The summed E-state index contributed by atoms with van der Waals surface area (Å²) >= 11 is 5.87. The van der Waals surface area contributed by atoms with E-state index in [0.29, 0.717) is 10.7 Å². The first kappa shape index (κ1) is 18.3. The first-order chi connectivity index (χ1) is 12.0. The molecule has 1 atom stereocenters. The highest BCUT2D eigenvalue weighted by Gasteiger charge is 2.39. The van der Waals surface area contributed by atoms with Crippen LogP contribution in [0, 0.1) is 0 Å². The van der Waals surface area contributed by atoms with E-state index in [1.807, 2.05) is 0 Å². The normalized spacial score (nSPS) is 22.8. The summed E-state index contributed by atoms with van der Waals surface area (Å²) in [5.41, 5.74) is 0.584. The molecule has 2 saturated heterocycles. The zero-order chi connectivity index (χ0) is 17.8. The summed E-state index contributed by atoms with van der Waals surface area (Å²) in [5, 5.41) is 3.83. The van der Waals surface area contributed by atoms with Crippen molar-refractivity contribution in [2.45, 2.75) is 18.9 Å². The number of piperazine rings is 1. The van der Waals surface area contributed by atoms with Gasteiger partial charge in [-0.15, -0.1) is 0 Å². The van der Waals surface area contributed by atoms with Crippen molar-refractivity contribution >= 4 is 29.1 Å². The molecule has 2 heterocycles. The molecule has 136 valence electrons. The molecule has 3 rings (SSSR count). The Kier molecular flexibility index (Phi) is 6.06. The van der Waals surface area contributed by atoms with E-state index >= 15 is 0 Å². The minimum atomic E-state index is -0.421. The number of nitrogens with one attached hydrogen (secondary N) is 1. The highest BCUT2D eigenvalue weighted by Crippen LogP contribution is 2.24. The van der Waals surface area contributed by atoms with Gasteiger partial charge in [-0.2, -0.15) is 0 Å². The molecule has 1 aromatic carbocycles. The van der Waals surface area contributed by atoms with Crippen LogP contribution in [0.3, 0.4) is 0 Å². The number of imide groups is 1. The van der Waals surface area contributed by atoms with Crippen LogP contribution >= 0.6 is 11.6 Å². The van der Waals surface area contributed by atoms with Gasteiger partial charge in [-0.3, -0.25) is 9.59 Å². The van der Waals surface area contributed by atoms with E-state index in [2.05, 4.69) is 22.2 Å². The van der Waals surface area contributed by atoms with Crippen molar-refractivity contribution in [1.29, 1.82) is 0 Å². The van der Waals surface area contributed by atoms with Gasteiger partial charge < -0.3 is 15.1 Å². The summed E-state index contributed by atoms with van der Waals surface area (Å²) in [4.78, 5) is 30.8. The van der Waals surface area contributed by atoms with Crippen molar-refractivity contribution in [3.63, 3.8) is 0 Å². The fraction of sp³-hybridized carbons (Fsp3) is 0.556. The van der Waals surface area contributed by atoms with Crippen LogP contribution in [-0.2, 0) is 9.59 Å². The second kappa shape index (κ2) is 8.27. The summed E-state index contributed by atoms with van der Waals surface area (Å²) < 4.78 is 0. The lowest BCUT2D eigenvalue weighted by Gasteiger charge is -2.32. The number of hydrogen-bond acceptors (Lipinski definition) is 5. The maximum absolute atomic E-state index is 12.5. The summed E-state index contributed by atoms with van der Waals surface area (Å²) in [7, 11) is 2.15. The van der Waals surface area contributed by atoms with Crippen molar-refractivity contribution in [2.24, 2.45) is 0 Å². The molecule has 0 aromatic heterocycles. The molecule has 25 heavy (non-hydrogen) atoms. The molecule has 2 amide bonds. The molecule has 2 aliphatic heterocycles. The number of amides is 2. The lowest BCUT2D eigenvalue weighted by molar-refractivity contribution is -0.121. The quantitative estimate of drug-likeness (QED) is 0.607. The molecule has 2 fully saturated rings. The van der Waals surface area contributed by atoms with E-state index < -0.39 is 6.04 Å². The molecular weight excluding hydrogens is 340 g/mol. The topological polar surface area (TPSA) is 55.9 Å². The molecule has 0 aliphatic carbocycles. The number of likely N-dealkylation sites (N-methyl/N-ethyl adjacent to an activating group) is 1. The van der Waals surface area contributed by atoms with Crippen LogP contribution in [0.4, 0.5) is 5.69 Å². The molecule has 0 saturated carbocycles. The Labute approximate surface area is 153 Å². The smallest absolute Gasteiger partial charge is 0.251 e. The van der Waals surface area contributed by atoms with Gasteiger partial charge in [-0.05, 0) is 50.8 Å². The second-order valence-electron chi connectivity index (χ2n) is 6.75. The van der Waals surface area contributed by atoms with Gasteiger partial charge in [0.15, 0.2) is 0 Å². The Morgan fingerprint density at radius 3 is 2.48 bits per heavy atom. The van der Waals surface area contributed by atoms with Crippen LogP contribution in [0.5, 0.6) is 0 Å². The largest absolute Gasteiger partial charge is 0.305 e. The minimum absolute atomic E-state index is 0.163. The summed E-state index contributed by atoms with van der Waals surface area (Å²) in [6.07, 6.45) is 1.19. The average molecular weight is 365 g/mol. The van der Waals surface area contributed by atoms with E-state index in [0.717, 1.165) is 45.7 Å². The number of hydrogen-bond donors (Lipinski definition) is 1. The van der Waals surface area contributed by atoms with Crippen LogP contribution in [0.2, 0.25) is 5.02 Å². The zero-order valence-electron chi connectivity index (χ0n) is 14.6. The van der Waals surface area contributed by atoms with E-state index in [1.165, 1.54) is 4.90 Å². The van der Waals surface area contributed by atoms with Gasteiger partial charge in [0.2, 0.25) is 5.91 Å². The highest BCUT2D eigenvalue weighted by molar-refractivity contribution is 6.30. The number of rotatable bonds is 6. The Bertz CT molecular complexity index is 614. The van der Waals surface area contributed by atoms with E-state index in [-0.39, 0.29) is 18.2 Å². The number of anilines is 1. The van der Waals surface area contributed by atoms with Gasteiger partial charge in [-0.25, -0.2) is 4.90 Å². The maximum Gasteiger partial charge on any atom is 0.251 e. The third-order valence-electron chi connectivity index (χ3n) is 4.87. The molecule has 1 N–H and O–H groups in total. The lowest BCUT2D eigenvalue weighted by Crippen LogP contribution is -2.45. The molecular formula is C18H25ClN4O2. The van der Waals surface area contributed by atoms with Gasteiger partial charge in [0.05, 0.1) is 18.2 Å². The number of carbonyl (C=O) groups excluding carboxylic acids is 2. The highest BCUT2D eigenvalue weighted by atomic mass is 35.5. The van der Waals surface area contributed by atoms with Gasteiger partial charge in [-0.1, -0.05) is 11.6 Å². The van der Waals surface area contributed by atoms with Gasteiger partial charge in [0.25, 0.3) is 5.91 Å². The Hall–Kier alpha value is -1.47. The van der Waals surface area contributed by atoms with Crippen LogP contribution < -0.4 is 10.2 Å². The predicted molar refractivity (Wildman–Crippen MR) is 98.9 cm³/mol. The molecule has 0 spiro atoms. The van der Waals surface area contributed by atoms with Crippen LogP contribution in [-0.4, -0.2) is 74.0 Å². The molecule has 6 nitrogen and oxygen atoms in total. The predicted octanol–water partition coefficient (Wildman–Crippen LogP) is 1.20. The van der Waals surface area contributed by atoms with Gasteiger partial charge >= 0.3 is 0 Å². The van der Waals surface area contributed by atoms with Gasteiger partial charge in [0.1, 0.15) is 0 Å². The molecule has 7 heteroatoms. The van der Waals surface area contributed by atoms with E-state index in [9.17, 15) is 9.59 Å². The van der Waals surface area contributed by atoms with Crippen LogP contribution in [0.15, 0.2) is 24.3 Å². The number of halogens is 1. The summed E-state index contributed by atoms with van der Waals surface area (Å²) in [6, 6.07) is 6.36. The molecule has 2 aliphatic rings. The van der Waals surface area contributed by atoms with Gasteiger partial charge in [0, 0.05) is 31.2 Å². The summed E-state index contributed by atoms with van der Waals surface area (Å²) in [6.45, 7) is 6.18. The molecule has 1 unspecified atom stereocenters. The first-order valence-corrected chi connectivity index (χ1v) is 9.19. The number of benzene rings is 1. The van der Waals surface area contributed by atoms with Crippen LogP contribution in [0.1, 0.15) is 12.8 Å².